The Balaban J connectivity index is 2.43. The maximum atomic E-state index is 9.15. The average Bonchev–Trinajstić information content (AvgIpc) is 2.37. The highest BCUT2D eigenvalue weighted by atomic mass is 15.1. The van der Waals surface area contributed by atoms with Gasteiger partial charge in [-0.2, -0.15) is 10.5 Å². The Morgan fingerprint density at radius 1 is 1.24 bits per heavy atom. The van der Waals surface area contributed by atoms with Gasteiger partial charge in [0.2, 0.25) is 0 Å². The van der Waals surface area contributed by atoms with Crippen LogP contribution in [-0.2, 0) is 0 Å². The van der Waals surface area contributed by atoms with Gasteiger partial charge in [0.05, 0.1) is 16.8 Å². The summed E-state index contributed by atoms with van der Waals surface area (Å²) in [7, 11) is 0. The molecule has 1 atom stereocenters. The van der Waals surface area contributed by atoms with E-state index in [-0.39, 0.29) is 0 Å². The molecule has 1 aromatic rings. The van der Waals surface area contributed by atoms with Gasteiger partial charge in [0, 0.05) is 13.1 Å². The predicted octanol–water partition coefficient (Wildman–Crippen LogP) is 2.67. The summed E-state index contributed by atoms with van der Waals surface area (Å²) in [5.74, 6) is 0.627. The zero-order valence-corrected chi connectivity index (χ0v) is 9.98. The number of piperidine rings is 1. The van der Waals surface area contributed by atoms with Crippen molar-refractivity contribution in [1.82, 2.24) is 0 Å². The first kappa shape index (κ1) is 11.5. The average molecular weight is 225 g/mol. The molecule has 0 bridgehead atoms. The molecule has 1 unspecified atom stereocenters. The van der Waals surface area contributed by atoms with E-state index in [0.717, 1.165) is 25.2 Å². The second-order valence-electron chi connectivity index (χ2n) is 4.62. The molecule has 0 amide bonds. The lowest BCUT2D eigenvalue weighted by molar-refractivity contribution is 0.446. The molecule has 0 radical (unpaired) electrons. The van der Waals surface area contributed by atoms with Crippen LogP contribution < -0.4 is 4.90 Å². The van der Waals surface area contributed by atoms with Crippen LogP contribution in [0, 0.1) is 28.6 Å². The minimum atomic E-state index is 0.609. The molecule has 1 saturated heterocycles. The Kier molecular flexibility index (Phi) is 3.30. The van der Waals surface area contributed by atoms with Gasteiger partial charge in [-0.15, -0.1) is 0 Å². The van der Waals surface area contributed by atoms with Crippen molar-refractivity contribution in [3.63, 3.8) is 0 Å². The maximum absolute atomic E-state index is 9.15. The van der Waals surface area contributed by atoms with Gasteiger partial charge in [-0.05, 0) is 30.9 Å². The van der Waals surface area contributed by atoms with Gasteiger partial charge < -0.3 is 4.90 Å². The van der Waals surface area contributed by atoms with E-state index in [1.54, 1.807) is 18.2 Å². The second-order valence-corrected chi connectivity index (χ2v) is 4.62. The molecular weight excluding hydrogens is 210 g/mol. The van der Waals surface area contributed by atoms with Gasteiger partial charge in [0.15, 0.2) is 0 Å². The molecule has 17 heavy (non-hydrogen) atoms. The highest BCUT2D eigenvalue weighted by Crippen LogP contribution is 2.29. The SMILES string of the molecule is CC1CCCN(c2c(C#N)cccc2C#N)C1. The molecule has 0 N–H and O–H groups in total. The normalized spacial score (nSPS) is 19.5. The molecule has 1 aromatic carbocycles. The largest absolute Gasteiger partial charge is 0.369 e. The minimum Gasteiger partial charge on any atom is -0.369 e. The third-order valence-corrected chi connectivity index (χ3v) is 3.25. The Bertz CT molecular complexity index is 461. The van der Waals surface area contributed by atoms with Crippen LogP contribution in [0.25, 0.3) is 0 Å². The van der Waals surface area contributed by atoms with Crippen LogP contribution in [0.3, 0.4) is 0 Å². The summed E-state index contributed by atoms with van der Waals surface area (Å²) in [5, 5.41) is 18.3. The fraction of sp³-hybridized carbons (Fsp3) is 0.429. The van der Waals surface area contributed by atoms with Crippen molar-refractivity contribution in [2.75, 3.05) is 18.0 Å². The number of benzene rings is 1. The first-order valence-corrected chi connectivity index (χ1v) is 5.94. The van der Waals surface area contributed by atoms with Crippen LogP contribution in [0.4, 0.5) is 5.69 Å². The molecule has 86 valence electrons. The molecule has 1 heterocycles. The number of rotatable bonds is 1. The van der Waals surface area contributed by atoms with Crippen LogP contribution >= 0.6 is 0 Å². The lowest BCUT2D eigenvalue weighted by Gasteiger charge is -2.33. The number of nitrogens with zero attached hydrogens (tertiary/aromatic N) is 3. The molecule has 1 aliphatic heterocycles. The Morgan fingerprint density at radius 3 is 2.41 bits per heavy atom. The van der Waals surface area contributed by atoms with Gasteiger partial charge in [0.1, 0.15) is 12.1 Å². The van der Waals surface area contributed by atoms with Crippen molar-refractivity contribution >= 4 is 5.69 Å². The number of nitriles is 2. The van der Waals surface area contributed by atoms with E-state index in [1.807, 2.05) is 0 Å². The van der Waals surface area contributed by atoms with Gasteiger partial charge in [-0.25, -0.2) is 0 Å². The molecule has 1 fully saturated rings. The summed E-state index contributed by atoms with van der Waals surface area (Å²) < 4.78 is 0. The first-order valence-electron chi connectivity index (χ1n) is 5.94. The quantitative estimate of drug-likeness (QED) is 0.738. The Morgan fingerprint density at radius 2 is 1.88 bits per heavy atom. The van der Waals surface area contributed by atoms with Gasteiger partial charge in [-0.1, -0.05) is 13.0 Å². The van der Waals surface area contributed by atoms with Crippen LogP contribution in [0.1, 0.15) is 30.9 Å². The summed E-state index contributed by atoms with van der Waals surface area (Å²) in [4.78, 5) is 2.19. The van der Waals surface area contributed by atoms with Gasteiger partial charge in [0.25, 0.3) is 0 Å². The molecule has 3 nitrogen and oxygen atoms in total. The van der Waals surface area contributed by atoms with E-state index in [2.05, 4.69) is 24.0 Å². The van der Waals surface area contributed by atoms with Crippen molar-refractivity contribution in [3.8, 4) is 12.1 Å². The molecule has 0 aromatic heterocycles. The Hall–Kier alpha value is -2.00. The van der Waals surface area contributed by atoms with Crippen molar-refractivity contribution < 1.29 is 0 Å². The van der Waals surface area contributed by atoms with Gasteiger partial charge >= 0.3 is 0 Å². The third kappa shape index (κ3) is 2.24. The first-order chi connectivity index (χ1) is 8.26. The number of para-hydroxylation sites is 1. The number of anilines is 1. The highest BCUT2D eigenvalue weighted by molar-refractivity contribution is 5.68. The maximum Gasteiger partial charge on any atom is 0.101 e. The third-order valence-electron chi connectivity index (χ3n) is 3.25. The molecule has 0 aliphatic carbocycles. The second kappa shape index (κ2) is 4.89. The number of hydrogen-bond acceptors (Lipinski definition) is 3. The summed E-state index contributed by atoms with van der Waals surface area (Å²) in [5.41, 5.74) is 2.04. The summed E-state index contributed by atoms with van der Waals surface area (Å²) in [6, 6.07) is 9.73. The van der Waals surface area contributed by atoms with Crippen molar-refractivity contribution in [2.45, 2.75) is 19.8 Å². The zero-order valence-electron chi connectivity index (χ0n) is 9.98. The standard InChI is InChI=1S/C14H15N3/c1-11-4-3-7-17(10-11)14-12(8-15)5-2-6-13(14)9-16/h2,5-6,11H,3-4,7,10H2,1H3. The molecule has 3 heteroatoms. The van der Waals surface area contributed by atoms with E-state index < -0.39 is 0 Å². The Labute approximate surface area is 102 Å². The fourth-order valence-corrected chi connectivity index (χ4v) is 2.46. The van der Waals surface area contributed by atoms with E-state index in [1.165, 1.54) is 6.42 Å². The van der Waals surface area contributed by atoms with Crippen LogP contribution in [-0.4, -0.2) is 13.1 Å². The van der Waals surface area contributed by atoms with Crippen molar-refractivity contribution in [1.29, 1.82) is 10.5 Å². The van der Waals surface area contributed by atoms with Crippen LogP contribution in [0.15, 0.2) is 18.2 Å². The lowest BCUT2D eigenvalue weighted by Crippen LogP contribution is -2.35. The van der Waals surface area contributed by atoms with Gasteiger partial charge in [-0.3, -0.25) is 0 Å². The summed E-state index contributed by atoms with van der Waals surface area (Å²) in [6.07, 6.45) is 2.36. The summed E-state index contributed by atoms with van der Waals surface area (Å²) in [6.45, 7) is 4.10. The van der Waals surface area contributed by atoms with Crippen LogP contribution in [0.2, 0.25) is 0 Å². The minimum absolute atomic E-state index is 0.609. The molecular formula is C14H15N3. The predicted molar refractivity (Wildman–Crippen MR) is 66.5 cm³/mol. The fourth-order valence-electron chi connectivity index (χ4n) is 2.46. The smallest absolute Gasteiger partial charge is 0.101 e. The van der Waals surface area contributed by atoms with Crippen molar-refractivity contribution in [3.05, 3.63) is 29.3 Å². The van der Waals surface area contributed by atoms with Crippen LogP contribution in [0.5, 0.6) is 0 Å². The highest BCUT2D eigenvalue weighted by Gasteiger charge is 2.21. The molecule has 2 rings (SSSR count). The molecule has 0 saturated carbocycles. The monoisotopic (exact) mass is 225 g/mol. The molecule has 1 aliphatic rings. The topological polar surface area (TPSA) is 50.8 Å². The van der Waals surface area contributed by atoms with E-state index in [0.29, 0.717) is 17.0 Å². The van der Waals surface area contributed by atoms with Crippen molar-refractivity contribution in [2.24, 2.45) is 5.92 Å². The number of hydrogen-bond donors (Lipinski definition) is 0. The van der Waals surface area contributed by atoms with E-state index >= 15 is 0 Å². The van der Waals surface area contributed by atoms with E-state index in [9.17, 15) is 0 Å². The zero-order chi connectivity index (χ0) is 12.3. The van der Waals surface area contributed by atoms with E-state index in [4.69, 9.17) is 10.5 Å². The summed E-state index contributed by atoms with van der Waals surface area (Å²) >= 11 is 0. The molecule has 0 spiro atoms. The lowest BCUT2D eigenvalue weighted by atomic mass is 9.97.